The summed E-state index contributed by atoms with van der Waals surface area (Å²) in [5.74, 6) is 1.21. The van der Waals surface area contributed by atoms with Crippen molar-refractivity contribution in [3.63, 3.8) is 0 Å². The van der Waals surface area contributed by atoms with E-state index in [0.717, 1.165) is 16.7 Å². The second kappa shape index (κ2) is 13.1. The summed E-state index contributed by atoms with van der Waals surface area (Å²) in [5, 5.41) is 1.26. The van der Waals surface area contributed by atoms with Gasteiger partial charge in [0.2, 0.25) is 0 Å². The molecule has 6 rings (SSSR count). The molecule has 2 aromatic heterocycles. The van der Waals surface area contributed by atoms with Crippen molar-refractivity contribution in [1.82, 2.24) is 0 Å². The van der Waals surface area contributed by atoms with Crippen LogP contribution in [0.5, 0.6) is 0 Å². The van der Waals surface area contributed by atoms with Crippen LogP contribution in [0.3, 0.4) is 0 Å². The molecule has 0 bridgehead atoms. The molecule has 0 aliphatic carbocycles. The van der Waals surface area contributed by atoms with Crippen LogP contribution in [0.25, 0.3) is 44.6 Å². The van der Waals surface area contributed by atoms with Gasteiger partial charge in [-0.15, -0.1) is 0 Å². The minimum Gasteiger partial charge on any atom is -0.456 e. The predicted octanol–water partition coefficient (Wildman–Crippen LogP) is 10.3. The first-order valence-corrected chi connectivity index (χ1v) is 14.5. The maximum absolute atomic E-state index is 12.4. The van der Waals surface area contributed by atoms with Crippen LogP contribution >= 0.6 is 0 Å². The zero-order valence-electron chi connectivity index (χ0n) is 26.1. The lowest BCUT2D eigenvalue weighted by molar-refractivity contribution is 0.469. The molecule has 0 radical (unpaired) electrons. The third-order valence-electron chi connectivity index (χ3n) is 6.34. The van der Waals surface area contributed by atoms with Crippen molar-refractivity contribution in [3.05, 3.63) is 141 Å². The fraction of sp³-hybridized carbons (Fsp3) is 0.231. The Balaban J connectivity index is 0.000000173. The van der Waals surface area contributed by atoms with Gasteiger partial charge < -0.3 is 8.83 Å². The first kappa shape index (κ1) is 31.2. The number of hydrogen-bond acceptors (Lipinski definition) is 4. The zero-order chi connectivity index (χ0) is 31.2. The van der Waals surface area contributed by atoms with Crippen molar-refractivity contribution in [2.24, 2.45) is 5.41 Å². The molecule has 0 saturated heterocycles. The molecule has 2 heterocycles. The van der Waals surface area contributed by atoms with Crippen molar-refractivity contribution in [3.8, 4) is 22.6 Å². The molecule has 220 valence electrons. The molecule has 4 nitrogen and oxygen atoms in total. The highest BCUT2D eigenvalue weighted by molar-refractivity contribution is 5.80. The summed E-state index contributed by atoms with van der Waals surface area (Å²) in [6.45, 7) is 15.1. The Kier molecular flexibility index (Phi) is 9.50. The summed E-state index contributed by atoms with van der Waals surface area (Å²) in [5.41, 5.74) is 4.72. The molecule has 4 heteroatoms. The smallest absolute Gasteiger partial charge is 0.193 e. The van der Waals surface area contributed by atoms with E-state index in [1.54, 1.807) is 12.1 Å². The summed E-state index contributed by atoms with van der Waals surface area (Å²) < 4.78 is 11.6. The summed E-state index contributed by atoms with van der Waals surface area (Å²) in [6, 6.07) is 35.6. The maximum atomic E-state index is 12.4. The topological polar surface area (TPSA) is 60.4 Å². The summed E-state index contributed by atoms with van der Waals surface area (Å²) in [4.78, 5) is 24.3. The van der Waals surface area contributed by atoms with E-state index in [1.165, 1.54) is 6.07 Å². The fourth-order valence-electron chi connectivity index (χ4n) is 4.22. The Bertz CT molecular complexity index is 1910. The van der Waals surface area contributed by atoms with Gasteiger partial charge in [-0.2, -0.15) is 0 Å². The third kappa shape index (κ3) is 8.65. The van der Waals surface area contributed by atoms with Gasteiger partial charge in [-0.3, -0.25) is 9.59 Å². The highest BCUT2D eigenvalue weighted by Gasteiger charge is 2.16. The van der Waals surface area contributed by atoms with Crippen molar-refractivity contribution < 1.29 is 8.83 Å². The van der Waals surface area contributed by atoms with E-state index in [9.17, 15) is 9.59 Å². The van der Waals surface area contributed by atoms with Gasteiger partial charge in [0.05, 0.1) is 10.8 Å². The van der Waals surface area contributed by atoms with Gasteiger partial charge in [-0.25, -0.2) is 0 Å². The first-order chi connectivity index (χ1) is 20.3. The Hall–Kier alpha value is -4.70. The van der Waals surface area contributed by atoms with E-state index >= 15 is 0 Å². The fourth-order valence-corrected chi connectivity index (χ4v) is 4.22. The Morgan fingerprint density at radius 3 is 1.37 bits per heavy atom. The quantitative estimate of drug-likeness (QED) is 0.207. The summed E-state index contributed by atoms with van der Waals surface area (Å²) >= 11 is 0. The van der Waals surface area contributed by atoms with E-state index in [2.05, 4.69) is 48.5 Å². The van der Waals surface area contributed by atoms with Crippen molar-refractivity contribution in [2.75, 3.05) is 0 Å². The predicted molar refractivity (Wildman–Crippen MR) is 180 cm³/mol. The van der Waals surface area contributed by atoms with E-state index in [4.69, 9.17) is 8.83 Å². The maximum Gasteiger partial charge on any atom is 0.193 e. The number of hydrogen-bond donors (Lipinski definition) is 0. The zero-order valence-corrected chi connectivity index (χ0v) is 26.1. The molecule has 6 aromatic rings. The summed E-state index contributed by atoms with van der Waals surface area (Å²) in [7, 11) is 0. The largest absolute Gasteiger partial charge is 0.456 e. The van der Waals surface area contributed by atoms with Gasteiger partial charge in [0, 0.05) is 23.3 Å². The monoisotopic (exact) mass is 572 g/mol. The minimum atomic E-state index is -0.00861. The van der Waals surface area contributed by atoms with Crippen LogP contribution in [-0.4, -0.2) is 0 Å². The minimum absolute atomic E-state index is 0.00111. The van der Waals surface area contributed by atoms with Crippen LogP contribution in [0.2, 0.25) is 0 Å². The summed E-state index contributed by atoms with van der Waals surface area (Å²) in [6.07, 6.45) is 0. The van der Waals surface area contributed by atoms with Crippen molar-refractivity contribution in [2.45, 2.75) is 53.9 Å². The molecule has 0 amide bonds. The SMILES string of the molecule is CC(C)(C)C.CC(C)(C)c1ccc2oc(-c3ccccc3)cc(=O)c2c1.O=c1cc(-c2ccccc2)oc2ccccc12. The lowest BCUT2D eigenvalue weighted by atomic mass is 9.86. The van der Waals surface area contributed by atoms with Crippen LogP contribution in [0, 0.1) is 5.41 Å². The molecule has 0 spiro atoms. The van der Waals surface area contributed by atoms with Gasteiger partial charge in [-0.05, 0) is 40.7 Å². The highest BCUT2D eigenvalue weighted by Crippen LogP contribution is 2.27. The third-order valence-corrected chi connectivity index (χ3v) is 6.34. The van der Waals surface area contributed by atoms with Crippen LogP contribution in [0.15, 0.2) is 134 Å². The standard InChI is InChI=1S/C19H18O2.C15H10O2.C5H12/c1-19(2,3)14-9-10-17-15(11-14)16(20)12-18(21-17)13-7-5-4-6-8-13;16-13-10-15(11-6-2-1-3-7-11)17-14-9-5-4-8-12(13)14;1-5(2,3)4/h4-12H,1-3H3;1-10H;1-4H3. The van der Waals surface area contributed by atoms with E-state index < -0.39 is 0 Å². The van der Waals surface area contributed by atoms with Gasteiger partial charge >= 0.3 is 0 Å². The van der Waals surface area contributed by atoms with Crippen LogP contribution in [0.1, 0.15) is 54.0 Å². The molecule has 0 saturated carbocycles. The Morgan fingerprint density at radius 1 is 0.465 bits per heavy atom. The van der Waals surface area contributed by atoms with Crippen LogP contribution < -0.4 is 10.9 Å². The van der Waals surface area contributed by atoms with Crippen molar-refractivity contribution in [1.29, 1.82) is 0 Å². The molecule has 0 atom stereocenters. The van der Waals surface area contributed by atoms with Gasteiger partial charge in [-0.1, -0.05) is 127 Å². The number of para-hydroxylation sites is 1. The molecule has 0 fully saturated rings. The Morgan fingerprint density at radius 2 is 0.884 bits per heavy atom. The number of rotatable bonds is 2. The molecule has 4 aromatic carbocycles. The molecular weight excluding hydrogens is 532 g/mol. The lowest BCUT2D eigenvalue weighted by Crippen LogP contribution is -2.12. The van der Waals surface area contributed by atoms with E-state index in [-0.39, 0.29) is 16.3 Å². The van der Waals surface area contributed by atoms with Crippen LogP contribution in [0.4, 0.5) is 0 Å². The van der Waals surface area contributed by atoms with Gasteiger partial charge in [0.1, 0.15) is 22.7 Å². The lowest BCUT2D eigenvalue weighted by Gasteiger charge is -2.19. The molecule has 0 unspecified atom stereocenters. The Labute approximate surface area is 253 Å². The number of benzene rings is 4. The van der Waals surface area contributed by atoms with Gasteiger partial charge in [0.15, 0.2) is 10.9 Å². The van der Waals surface area contributed by atoms with Crippen molar-refractivity contribution >= 4 is 21.9 Å². The highest BCUT2D eigenvalue weighted by atomic mass is 16.3. The first-order valence-electron chi connectivity index (χ1n) is 14.5. The molecule has 43 heavy (non-hydrogen) atoms. The van der Waals surface area contributed by atoms with E-state index in [1.807, 2.05) is 97.1 Å². The second-order valence-electron chi connectivity index (χ2n) is 13.1. The molecule has 0 aliphatic rings. The molecule has 0 aliphatic heterocycles. The average molecular weight is 573 g/mol. The number of fused-ring (bicyclic) bond motifs is 2. The average Bonchev–Trinajstić information content (AvgIpc) is 2.97. The van der Waals surface area contributed by atoms with E-state index in [0.29, 0.717) is 38.9 Å². The molecular formula is C39H40O4. The van der Waals surface area contributed by atoms with Crippen LogP contribution in [-0.2, 0) is 5.41 Å². The normalized spacial score (nSPS) is 11.3. The second-order valence-corrected chi connectivity index (χ2v) is 13.1. The molecule has 0 N–H and O–H groups in total. The van der Waals surface area contributed by atoms with Gasteiger partial charge in [0.25, 0.3) is 0 Å².